The Kier molecular flexibility index (Phi) is 4.04. The molecule has 114 valence electrons. The fraction of sp³-hybridized carbons (Fsp3) is 0.533. The van der Waals surface area contributed by atoms with Crippen LogP contribution >= 0.6 is 0 Å². The summed E-state index contributed by atoms with van der Waals surface area (Å²) in [5, 5.41) is 2.76. The van der Waals surface area contributed by atoms with Crippen LogP contribution in [0.2, 0.25) is 0 Å². The van der Waals surface area contributed by atoms with Gasteiger partial charge in [-0.05, 0) is 45.9 Å². The van der Waals surface area contributed by atoms with Crippen molar-refractivity contribution in [3.05, 3.63) is 18.2 Å². The van der Waals surface area contributed by atoms with E-state index in [4.69, 9.17) is 14.0 Å². The minimum absolute atomic E-state index is 0.125. The molecular weight excluding hydrogens is 269 g/mol. The second-order valence-electron chi connectivity index (χ2n) is 6.23. The van der Waals surface area contributed by atoms with E-state index in [1.807, 2.05) is 33.8 Å². The summed E-state index contributed by atoms with van der Waals surface area (Å²) < 4.78 is 17.5. The van der Waals surface area contributed by atoms with E-state index in [0.29, 0.717) is 11.4 Å². The first-order chi connectivity index (χ1) is 9.66. The first-order valence-corrected chi connectivity index (χ1v) is 6.97. The summed E-state index contributed by atoms with van der Waals surface area (Å²) in [4.78, 5) is 11.2. The van der Waals surface area contributed by atoms with Crippen LogP contribution in [0.25, 0.3) is 0 Å². The second-order valence-corrected chi connectivity index (χ2v) is 6.23. The highest BCUT2D eigenvalue weighted by atomic mass is 16.7. The smallest absolute Gasteiger partial charge is 0.497 e. The lowest BCUT2D eigenvalue weighted by Gasteiger charge is -2.32. The van der Waals surface area contributed by atoms with Crippen molar-refractivity contribution >= 4 is 24.2 Å². The molecule has 1 aliphatic rings. The summed E-state index contributed by atoms with van der Waals surface area (Å²) in [6, 6.07) is 5.41. The van der Waals surface area contributed by atoms with E-state index in [9.17, 15) is 4.79 Å². The Morgan fingerprint density at radius 3 is 2.24 bits per heavy atom. The van der Waals surface area contributed by atoms with Crippen molar-refractivity contribution < 1.29 is 18.8 Å². The number of methoxy groups -OCH3 is 1. The molecule has 0 saturated carbocycles. The normalized spacial score (nSPS) is 19.4. The maximum Gasteiger partial charge on any atom is 0.498 e. The van der Waals surface area contributed by atoms with Crippen molar-refractivity contribution in [1.29, 1.82) is 0 Å². The number of hydrogen-bond acceptors (Lipinski definition) is 4. The maximum atomic E-state index is 11.2. The van der Waals surface area contributed by atoms with Gasteiger partial charge in [0.05, 0.1) is 18.3 Å². The number of nitrogens with one attached hydrogen (secondary N) is 1. The largest absolute Gasteiger partial charge is 0.498 e. The van der Waals surface area contributed by atoms with Crippen molar-refractivity contribution in [1.82, 2.24) is 0 Å². The summed E-state index contributed by atoms with van der Waals surface area (Å²) in [6.07, 6.45) is 0. The Morgan fingerprint density at radius 1 is 1.19 bits per heavy atom. The molecule has 1 saturated heterocycles. The van der Waals surface area contributed by atoms with E-state index in [0.717, 1.165) is 5.46 Å². The molecule has 21 heavy (non-hydrogen) atoms. The first kappa shape index (κ1) is 15.9. The minimum Gasteiger partial charge on any atom is -0.497 e. The van der Waals surface area contributed by atoms with Gasteiger partial charge in [-0.2, -0.15) is 0 Å². The molecular formula is C15H22BNO4. The minimum atomic E-state index is -0.529. The molecule has 0 unspecified atom stereocenters. The second kappa shape index (κ2) is 5.35. The van der Waals surface area contributed by atoms with Crippen LogP contribution in [-0.2, 0) is 14.1 Å². The van der Waals surface area contributed by atoms with Crippen LogP contribution in [0.1, 0.15) is 34.6 Å². The van der Waals surface area contributed by atoms with Crippen molar-refractivity contribution in [2.24, 2.45) is 0 Å². The van der Waals surface area contributed by atoms with Crippen molar-refractivity contribution in [3.63, 3.8) is 0 Å². The number of carbonyl (C=O) groups excluding carboxylic acids is 1. The zero-order valence-corrected chi connectivity index (χ0v) is 13.4. The lowest BCUT2D eigenvalue weighted by atomic mass is 9.78. The summed E-state index contributed by atoms with van der Waals surface area (Å²) in [5.74, 6) is 0.544. The molecule has 0 aliphatic carbocycles. The van der Waals surface area contributed by atoms with Crippen LogP contribution in [0.3, 0.4) is 0 Å². The number of hydrogen-bond donors (Lipinski definition) is 1. The average molecular weight is 291 g/mol. The van der Waals surface area contributed by atoms with Gasteiger partial charge in [0.25, 0.3) is 0 Å². The molecule has 0 bridgehead atoms. The quantitative estimate of drug-likeness (QED) is 0.865. The molecule has 0 aromatic heterocycles. The van der Waals surface area contributed by atoms with E-state index in [2.05, 4.69) is 5.32 Å². The summed E-state index contributed by atoms with van der Waals surface area (Å²) in [7, 11) is 1.07. The van der Waals surface area contributed by atoms with Crippen LogP contribution in [0.15, 0.2) is 18.2 Å². The number of anilines is 1. The zero-order chi connectivity index (χ0) is 15.8. The third-order valence-electron chi connectivity index (χ3n) is 4.06. The maximum absolute atomic E-state index is 11.2. The summed E-state index contributed by atoms with van der Waals surface area (Å²) >= 11 is 0. The van der Waals surface area contributed by atoms with Crippen LogP contribution in [-0.4, -0.2) is 31.3 Å². The Labute approximate surface area is 126 Å². The van der Waals surface area contributed by atoms with Crippen molar-refractivity contribution in [2.45, 2.75) is 45.8 Å². The Bertz CT molecular complexity index is 541. The molecule has 0 radical (unpaired) electrons. The van der Waals surface area contributed by atoms with E-state index in [1.54, 1.807) is 19.2 Å². The molecule has 1 aromatic rings. The fourth-order valence-corrected chi connectivity index (χ4v) is 2.17. The predicted octanol–water partition coefficient (Wildman–Crippen LogP) is 1.95. The van der Waals surface area contributed by atoms with Gasteiger partial charge in [0.15, 0.2) is 0 Å². The van der Waals surface area contributed by atoms with Gasteiger partial charge in [-0.15, -0.1) is 0 Å². The molecule has 1 N–H and O–H groups in total. The van der Waals surface area contributed by atoms with E-state index in [-0.39, 0.29) is 5.91 Å². The molecule has 1 aromatic carbocycles. The SMILES string of the molecule is COc1ccc(NC(C)=O)cc1B1OC(C)(C)C(C)(C)O1. The summed E-state index contributed by atoms with van der Waals surface area (Å²) in [6.45, 7) is 9.46. The van der Waals surface area contributed by atoms with Gasteiger partial charge in [-0.25, -0.2) is 0 Å². The van der Waals surface area contributed by atoms with Gasteiger partial charge in [0, 0.05) is 18.1 Å². The topological polar surface area (TPSA) is 56.8 Å². The lowest BCUT2D eigenvalue weighted by Crippen LogP contribution is -2.41. The monoisotopic (exact) mass is 291 g/mol. The Morgan fingerprint density at radius 2 is 1.76 bits per heavy atom. The Balaban J connectivity index is 2.36. The van der Waals surface area contributed by atoms with E-state index >= 15 is 0 Å². The first-order valence-electron chi connectivity index (χ1n) is 6.97. The number of carbonyl (C=O) groups is 1. The number of ether oxygens (including phenoxy) is 1. The van der Waals surface area contributed by atoms with Gasteiger partial charge in [-0.1, -0.05) is 0 Å². The predicted molar refractivity (Wildman–Crippen MR) is 83.0 cm³/mol. The highest BCUT2D eigenvalue weighted by molar-refractivity contribution is 6.63. The molecule has 1 aliphatic heterocycles. The van der Waals surface area contributed by atoms with Gasteiger partial charge in [-0.3, -0.25) is 4.79 Å². The third kappa shape index (κ3) is 3.06. The van der Waals surface area contributed by atoms with Crippen LogP contribution in [0, 0.1) is 0 Å². The van der Waals surface area contributed by atoms with Gasteiger partial charge in [0.2, 0.25) is 5.91 Å². The van der Waals surface area contributed by atoms with Crippen LogP contribution in [0.4, 0.5) is 5.69 Å². The van der Waals surface area contributed by atoms with Gasteiger partial charge < -0.3 is 19.4 Å². The lowest BCUT2D eigenvalue weighted by molar-refractivity contribution is -0.114. The molecule has 1 fully saturated rings. The highest BCUT2D eigenvalue weighted by Crippen LogP contribution is 2.37. The van der Waals surface area contributed by atoms with Gasteiger partial charge >= 0.3 is 7.12 Å². The molecule has 0 spiro atoms. The third-order valence-corrected chi connectivity index (χ3v) is 4.06. The molecule has 5 nitrogen and oxygen atoms in total. The molecule has 1 heterocycles. The number of rotatable bonds is 3. The van der Waals surface area contributed by atoms with Crippen LogP contribution in [0.5, 0.6) is 5.75 Å². The van der Waals surface area contributed by atoms with Crippen molar-refractivity contribution in [2.75, 3.05) is 12.4 Å². The standard InChI is InChI=1S/C15H22BNO4/c1-10(18)17-11-7-8-13(19-6)12(9-11)16-20-14(2,3)15(4,5)21-16/h7-9H,1-6H3,(H,17,18). The molecule has 2 rings (SSSR count). The molecule has 1 amide bonds. The van der Waals surface area contributed by atoms with Crippen LogP contribution < -0.4 is 15.5 Å². The van der Waals surface area contributed by atoms with E-state index in [1.165, 1.54) is 6.92 Å². The number of benzene rings is 1. The average Bonchev–Trinajstić information content (AvgIpc) is 2.57. The van der Waals surface area contributed by atoms with Gasteiger partial charge in [0.1, 0.15) is 5.75 Å². The number of amides is 1. The molecule has 6 heteroatoms. The van der Waals surface area contributed by atoms with E-state index < -0.39 is 18.3 Å². The molecule has 0 atom stereocenters. The van der Waals surface area contributed by atoms with Crippen molar-refractivity contribution in [3.8, 4) is 5.75 Å². The fourth-order valence-electron chi connectivity index (χ4n) is 2.17. The zero-order valence-electron chi connectivity index (χ0n) is 13.4. The highest BCUT2D eigenvalue weighted by Gasteiger charge is 2.52. The Hall–Kier alpha value is -1.53. The summed E-state index contributed by atoms with van der Waals surface area (Å²) in [5.41, 5.74) is 0.606.